The molecule has 10 heteroatoms. The molecule has 0 amide bonds. The largest absolute Gasteiger partial charge is 0.394 e. The average molecular weight is 403 g/mol. The summed E-state index contributed by atoms with van der Waals surface area (Å²) in [4.78, 5) is 13.0. The van der Waals surface area contributed by atoms with Gasteiger partial charge in [0.05, 0.1) is 12.9 Å². The summed E-state index contributed by atoms with van der Waals surface area (Å²) in [5, 5.41) is 30.1. The fourth-order valence-corrected chi connectivity index (χ4v) is 4.02. The van der Waals surface area contributed by atoms with Crippen LogP contribution < -0.4 is 5.73 Å². The van der Waals surface area contributed by atoms with Crippen molar-refractivity contribution in [3.63, 3.8) is 0 Å². The van der Waals surface area contributed by atoms with Gasteiger partial charge in [-0.05, 0) is 12.0 Å². The summed E-state index contributed by atoms with van der Waals surface area (Å²) in [7, 11) is 0. The van der Waals surface area contributed by atoms with Crippen molar-refractivity contribution in [2.24, 2.45) is 0 Å². The Morgan fingerprint density at radius 1 is 1.14 bits per heavy atom. The molecule has 9 nitrogen and oxygen atoms in total. The second-order valence-electron chi connectivity index (χ2n) is 6.53. The van der Waals surface area contributed by atoms with Crippen molar-refractivity contribution in [2.45, 2.75) is 36.1 Å². The number of aromatic nitrogens is 4. The van der Waals surface area contributed by atoms with E-state index in [0.29, 0.717) is 16.3 Å². The minimum absolute atomic E-state index is 0.234. The molecule has 148 valence electrons. The predicted octanol–water partition coefficient (Wildman–Crippen LogP) is 0.355. The first-order valence-corrected chi connectivity index (χ1v) is 9.86. The minimum atomic E-state index is -1.22. The molecule has 1 aromatic carbocycles. The van der Waals surface area contributed by atoms with Crippen LogP contribution in [-0.4, -0.2) is 65.5 Å². The third-order valence-electron chi connectivity index (χ3n) is 4.68. The summed E-state index contributed by atoms with van der Waals surface area (Å²) < 4.78 is 7.08. The molecule has 3 heterocycles. The molecule has 4 atom stereocenters. The maximum Gasteiger partial charge on any atom is 0.191 e. The van der Waals surface area contributed by atoms with Gasteiger partial charge in [-0.15, -0.1) is 0 Å². The van der Waals surface area contributed by atoms with E-state index >= 15 is 0 Å². The van der Waals surface area contributed by atoms with Crippen LogP contribution in [0.2, 0.25) is 0 Å². The summed E-state index contributed by atoms with van der Waals surface area (Å²) >= 11 is 1.47. The number of nitrogens with zero attached hydrogens (tertiary/aromatic N) is 4. The lowest BCUT2D eigenvalue weighted by Gasteiger charge is -2.16. The molecule has 0 radical (unpaired) electrons. The van der Waals surface area contributed by atoms with Gasteiger partial charge < -0.3 is 25.8 Å². The van der Waals surface area contributed by atoms with Gasteiger partial charge in [-0.3, -0.25) is 4.57 Å². The monoisotopic (exact) mass is 403 g/mol. The van der Waals surface area contributed by atoms with Crippen molar-refractivity contribution in [1.29, 1.82) is 0 Å². The van der Waals surface area contributed by atoms with E-state index in [2.05, 4.69) is 27.1 Å². The van der Waals surface area contributed by atoms with Crippen molar-refractivity contribution in [3.05, 3.63) is 42.2 Å². The molecule has 28 heavy (non-hydrogen) atoms. The molecule has 5 N–H and O–H groups in total. The number of imidazole rings is 1. The summed E-state index contributed by atoms with van der Waals surface area (Å²) in [5.74, 6) is 1.01. The Kier molecular flexibility index (Phi) is 5.47. The number of aryl methyl sites for hydroxylation is 1. The van der Waals surface area contributed by atoms with Crippen molar-refractivity contribution in [3.8, 4) is 0 Å². The number of benzene rings is 1. The first-order valence-electron chi connectivity index (χ1n) is 8.87. The lowest BCUT2D eigenvalue weighted by molar-refractivity contribution is -0.0511. The lowest BCUT2D eigenvalue weighted by Crippen LogP contribution is -2.33. The van der Waals surface area contributed by atoms with Gasteiger partial charge in [0.2, 0.25) is 0 Å². The van der Waals surface area contributed by atoms with E-state index in [4.69, 9.17) is 10.5 Å². The number of nitrogen functional groups attached to an aromatic ring is 1. The quantitative estimate of drug-likeness (QED) is 0.339. The van der Waals surface area contributed by atoms with E-state index in [0.717, 1.165) is 12.2 Å². The Bertz CT molecular complexity index is 954. The predicted molar refractivity (Wildman–Crippen MR) is 104 cm³/mol. The van der Waals surface area contributed by atoms with E-state index < -0.39 is 31.1 Å². The lowest BCUT2D eigenvalue weighted by atomic mass is 10.1. The fourth-order valence-electron chi connectivity index (χ4n) is 3.18. The van der Waals surface area contributed by atoms with Crippen LogP contribution >= 0.6 is 11.8 Å². The Labute approximate surface area is 165 Å². The summed E-state index contributed by atoms with van der Waals surface area (Å²) in [6, 6.07) is 10.1. The van der Waals surface area contributed by atoms with E-state index in [9.17, 15) is 15.3 Å². The Morgan fingerprint density at radius 3 is 2.64 bits per heavy atom. The second-order valence-corrected chi connectivity index (χ2v) is 7.59. The van der Waals surface area contributed by atoms with Crippen molar-refractivity contribution < 1.29 is 20.1 Å². The van der Waals surface area contributed by atoms with Gasteiger partial charge in [-0.2, -0.15) is 0 Å². The number of thioether (sulfide) groups is 1. The van der Waals surface area contributed by atoms with E-state index in [1.165, 1.54) is 28.2 Å². The van der Waals surface area contributed by atoms with Crippen LogP contribution in [0.5, 0.6) is 0 Å². The van der Waals surface area contributed by atoms with Gasteiger partial charge in [0.1, 0.15) is 23.8 Å². The molecule has 0 spiro atoms. The SMILES string of the molecule is Nc1nc(SCCc2ccccc2)nc2c1ncn2[C@@H]1O[C@H](CO)[C@@H](O)[C@H]1O. The first kappa shape index (κ1) is 19.1. The molecule has 0 saturated carbocycles. The van der Waals surface area contributed by atoms with Crippen LogP contribution in [-0.2, 0) is 11.2 Å². The number of fused-ring (bicyclic) bond motifs is 1. The number of nitrogens with two attached hydrogens (primary N) is 1. The van der Waals surface area contributed by atoms with E-state index in [1.807, 2.05) is 18.2 Å². The number of aliphatic hydroxyl groups excluding tert-OH is 3. The summed E-state index contributed by atoms with van der Waals surface area (Å²) in [6.07, 6.45) is -1.92. The highest BCUT2D eigenvalue weighted by atomic mass is 32.2. The molecule has 2 aromatic heterocycles. The molecular weight excluding hydrogens is 382 g/mol. The van der Waals surface area contributed by atoms with Gasteiger partial charge in [0.25, 0.3) is 0 Å². The molecule has 1 fully saturated rings. The van der Waals surface area contributed by atoms with Gasteiger partial charge in [-0.1, -0.05) is 42.1 Å². The van der Waals surface area contributed by atoms with Gasteiger partial charge in [0, 0.05) is 5.75 Å². The average Bonchev–Trinajstić information content (AvgIpc) is 3.24. The van der Waals surface area contributed by atoms with Crippen molar-refractivity contribution in [2.75, 3.05) is 18.1 Å². The second kappa shape index (κ2) is 8.02. The van der Waals surface area contributed by atoms with Crippen molar-refractivity contribution >= 4 is 28.7 Å². The third-order valence-corrected chi connectivity index (χ3v) is 5.53. The molecule has 1 saturated heterocycles. The molecule has 1 aliphatic rings. The van der Waals surface area contributed by atoms with E-state index in [-0.39, 0.29) is 5.82 Å². The smallest absolute Gasteiger partial charge is 0.191 e. The zero-order chi connectivity index (χ0) is 19.7. The Hall–Kier alpha value is -2.24. The van der Waals surface area contributed by atoms with E-state index in [1.54, 1.807) is 0 Å². The molecule has 0 aliphatic carbocycles. The maximum atomic E-state index is 10.3. The van der Waals surface area contributed by atoms with Gasteiger partial charge in [0.15, 0.2) is 22.8 Å². The highest BCUT2D eigenvalue weighted by Gasteiger charge is 2.44. The first-order chi connectivity index (χ1) is 13.6. The normalized spacial score (nSPS) is 24.8. The number of rotatable bonds is 6. The molecule has 0 unspecified atom stereocenters. The number of hydrogen-bond acceptors (Lipinski definition) is 9. The standard InChI is InChI=1S/C18H21N5O4S/c19-15-12-16(22-18(21-15)28-7-6-10-4-2-1-3-5-10)23(9-20-12)17-14(26)13(25)11(8-24)27-17/h1-5,9,11,13-14,17,24-26H,6-8H2,(H2,19,21,22)/t11-,13-,14-,17-/m1/s1. The number of anilines is 1. The Balaban J connectivity index is 1.56. The van der Waals surface area contributed by atoms with Crippen LogP contribution in [0.25, 0.3) is 11.2 Å². The number of hydrogen-bond donors (Lipinski definition) is 4. The molecular formula is C18H21N5O4S. The third kappa shape index (κ3) is 3.56. The topological polar surface area (TPSA) is 140 Å². The number of ether oxygens (including phenoxy) is 1. The van der Waals surface area contributed by atoms with Gasteiger partial charge in [-0.25, -0.2) is 15.0 Å². The van der Waals surface area contributed by atoms with Crippen LogP contribution in [0.4, 0.5) is 5.82 Å². The molecule has 1 aliphatic heterocycles. The summed E-state index contributed by atoms with van der Waals surface area (Å²) in [5.41, 5.74) is 8.06. The number of aliphatic hydroxyl groups is 3. The summed E-state index contributed by atoms with van der Waals surface area (Å²) in [6.45, 7) is -0.404. The molecule has 3 aromatic rings. The maximum absolute atomic E-state index is 10.3. The molecule has 4 rings (SSSR count). The van der Waals surface area contributed by atoms with Crippen molar-refractivity contribution in [1.82, 2.24) is 19.5 Å². The Morgan fingerprint density at radius 2 is 1.93 bits per heavy atom. The van der Waals surface area contributed by atoms with Crippen LogP contribution in [0.3, 0.4) is 0 Å². The molecule has 0 bridgehead atoms. The van der Waals surface area contributed by atoms with Gasteiger partial charge >= 0.3 is 0 Å². The highest BCUT2D eigenvalue weighted by Crippen LogP contribution is 2.32. The minimum Gasteiger partial charge on any atom is -0.394 e. The van der Waals surface area contributed by atoms with Crippen LogP contribution in [0, 0.1) is 0 Å². The fraction of sp³-hybridized carbons (Fsp3) is 0.389. The van der Waals surface area contributed by atoms with Crippen LogP contribution in [0.1, 0.15) is 11.8 Å². The highest BCUT2D eigenvalue weighted by molar-refractivity contribution is 7.99. The van der Waals surface area contributed by atoms with Crippen LogP contribution in [0.15, 0.2) is 41.8 Å². The zero-order valence-corrected chi connectivity index (χ0v) is 15.7. The zero-order valence-electron chi connectivity index (χ0n) is 14.9.